The number of hydrogen-bond acceptors (Lipinski definition) is 5. The number of carbonyl (C=O) groups excluding carboxylic acids is 1. The summed E-state index contributed by atoms with van der Waals surface area (Å²) in [5.41, 5.74) is 0.247. The fourth-order valence-corrected chi connectivity index (χ4v) is 8.81. The van der Waals surface area contributed by atoms with E-state index < -0.39 is 16.1 Å². The van der Waals surface area contributed by atoms with Crippen molar-refractivity contribution in [3.8, 4) is 0 Å². The first-order chi connectivity index (χ1) is 13.3. The summed E-state index contributed by atoms with van der Waals surface area (Å²) in [6, 6.07) is -0.633. The van der Waals surface area contributed by atoms with Gasteiger partial charge in [0.2, 0.25) is 15.9 Å². The zero-order valence-corrected chi connectivity index (χ0v) is 17.4. The van der Waals surface area contributed by atoms with Crippen LogP contribution >= 0.6 is 0 Å². The minimum Gasteiger partial charge on any atom is -0.360 e. The molecule has 1 atom stereocenters. The van der Waals surface area contributed by atoms with Gasteiger partial charge in [0.25, 0.3) is 0 Å². The van der Waals surface area contributed by atoms with E-state index >= 15 is 0 Å². The molecule has 0 spiro atoms. The SMILES string of the molecule is Cc1noc(C)c1S(=O)(=O)N1CCC[C@@H]1C(=O)NC12CC3CC(CC(C3)C1)C2. The van der Waals surface area contributed by atoms with Gasteiger partial charge in [-0.15, -0.1) is 0 Å². The number of nitrogens with one attached hydrogen (secondary N) is 1. The predicted octanol–water partition coefficient (Wildman–Crippen LogP) is 2.53. The van der Waals surface area contributed by atoms with Gasteiger partial charge < -0.3 is 9.84 Å². The first-order valence-electron chi connectivity index (χ1n) is 10.5. The number of amides is 1. The molecule has 5 aliphatic rings. The Kier molecular flexibility index (Phi) is 4.18. The molecule has 0 unspecified atom stereocenters. The maximum Gasteiger partial charge on any atom is 0.249 e. The Morgan fingerprint density at radius 3 is 2.29 bits per heavy atom. The van der Waals surface area contributed by atoms with Crippen LogP contribution in [0.1, 0.15) is 62.8 Å². The largest absolute Gasteiger partial charge is 0.360 e. The summed E-state index contributed by atoms with van der Waals surface area (Å²) in [4.78, 5) is 13.4. The number of rotatable bonds is 4. The van der Waals surface area contributed by atoms with Crippen molar-refractivity contribution >= 4 is 15.9 Å². The van der Waals surface area contributed by atoms with E-state index in [0.29, 0.717) is 25.1 Å². The van der Waals surface area contributed by atoms with Gasteiger partial charge in [-0.3, -0.25) is 4.79 Å². The average Bonchev–Trinajstić information content (AvgIpc) is 3.20. The molecular weight excluding hydrogens is 378 g/mol. The van der Waals surface area contributed by atoms with Crippen molar-refractivity contribution in [2.24, 2.45) is 17.8 Å². The van der Waals surface area contributed by atoms with E-state index in [0.717, 1.165) is 37.0 Å². The molecule has 1 amide bonds. The predicted molar refractivity (Wildman–Crippen MR) is 102 cm³/mol. The molecule has 2 heterocycles. The van der Waals surface area contributed by atoms with Crippen LogP contribution in [0.5, 0.6) is 0 Å². The Morgan fingerprint density at radius 1 is 1.14 bits per heavy atom. The zero-order valence-electron chi connectivity index (χ0n) is 16.6. The Morgan fingerprint density at radius 2 is 1.75 bits per heavy atom. The number of carbonyl (C=O) groups is 1. The molecule has 154 valence electrons. The molecule has 4 saturated carbocycles. The minimum atomic E-state index is -3.80. The Labute approximate surface area is 166 Å². The van der Waals surface area contributed by atoms with Gasteiger partial charge in [-0.25, -0.2) is 8.42 Å². The Balaban J connectivity index is 1.38. The molecule has 5 fully saturated rings. The number of aryl methyl sites for hydroxylation is 2. The van der Waals surface area contributed by atoms with Crippen LogP contribution in [0.4, 0.5) is 0 Å². The third-order valence-electron chi connectivity index (χ3n) is 7.47. The molecule has 1 aliphatic heterocycles. The van der Waals surface area contributed by atoms with Crippen LogP contribution in [-0.2, 0) is 14.8 Å². The van der Waals surface area contributed by atoms with Crippen molar-refractivity contribution in [3.05, 3.63) is 11.5 Å². The Bertz CT molecular complexity index is 852. The van der Waals surface area contributed by atoms with E-state index in [9.17, 15) is 13.2 Å². The third-order valence-corrected chi connectivity index (χ3v) is 9.62. The maximum absolute atomic E-state index is 13.3. The molecule has 1 saturated heterocycles. The van der Waals surface area contributed by atoms with Gasteiger partial charge in [0.05, 0.1) is 0 Å². The fraction of sp³-hybridized carbons (Fsp3) is 0.800. The smallest absolute Gasteiger partial charge is 0.249 e. The normalized spacial score (nSPS) is 37.5. The minimum absolute atomic E-state index is 0.104. The van der Waals surface area contributed by atoms with Crippen molar-refractivity contribution < 1.29 is 17.7 Å². The van der Waals surface area contributed by atoms with Gasteiger partial charge in [-0.2, -0.15) is 4.31 Å². The molecule has 4 aliphatic carbocycles. The molecule has 0 radical (unpaired) electrons. The summed E-state index contributed by atoms with van der Waals surface area (Å²) >= 11 is 0. The van der Waals surface area contributed by atoms with Crippen LogP contribution in [0.3, 0.4) is 0 Å². The van der Waals surface area contributed by atoms with Crippen molar-refractivity contribution in [3.63, 3.8) is 0 Å². The maximum atomic E-state index is 13.3. The van der Waals surface area contributed by atoms with E-state index in [4.69, 9.17) is 4.52 Å². The van der Waals surface area contributed by atoms with E-state index in [-0.39, 0.29) is 22.1 Å². The lowest BCUT2D eigenvalue weighted by molar-refractivity contribution is -0.130. The summed E-state index contributed by atoms with van der Waals surface area (Å²) in [6.45, 7) is 3.60. The lowest BCUT2D eigenvalue weighted by Gasteiger charge is -2.57. The van der Waals surface area contributed by atoms with Gasteiger partial charge in [-0.05, 0) is 83.0 Å². The van der Waals surface area contributed by atoms with E-state index in [2.05, 4.69) is 10.5 Å². The van der Waals surface area contributed by atoms with Crippen LogP contribution in [0.2, 0.25) is 0 Å². The van der Waals surface area contributed by atoms with Crippen LogP contribution < -0.4 is 5.32 Å². The van der Waals surface area contributed by atoms with Crippen LogP contribution in [0.25, 0.3) is 0 Å². The molecule has 4 bridgehead atoms. The average molecular weight is 408 g/mol. The number of nitrogens with zero attached hydrogens (tertiary/aromatic N) is 2. The third kappa shape index (κ3) is 2.83. The van der Waals surface area contributed by atoms with Crippen molar-refractivity contribution in [2.75, 3.05) is 6.54 Å². The van der Waals surface area contributed by atoms with Crippen LogP contribution in [-0.4, -0.2) is 41.9 Å². The van der Waals surface area contributed by atoms with Gasteiger partial charge >= 0.3 is 0 Å². The van der Waals surface area contributed by atoms with Gasteiger partial charge in [0.15, 0.2) is 5.76 Å². The zero-order chi connectivity index (χ0) is 19.7. The monoisotopic (exact) mass is 407 g/mol. The summed E-state index contributed by atoms with van der Waals surface area (Å²) in [5.74, 6) is 2.37. The molecule has 7 nitrogen and oxygen atoms in total. The molecule has 0 aromatic carbocycles. The molecule has 1 aromatic rings. The van der Waals surface area contributed by atoms with Gasteiger partial charge in [0.1, 0.15) is 16.6 Å². The van der Waals surface area contributed by atoms with Gasteiger partial charge in [0, 0.05) is 12.1 Å². The topological polar surface area (TPSA) is 92.5 Å². The van der Waals surface area contributed by atoms with Crippen molar-refractivity contribution in [1.29, 1.82) is 0 Å². The molecule has 28 heavy (non-hydrogen) atoms. The summed E-state index contributed by atoms with van der Waals surface area (Å²) in [6.07, 6.45) is 8.39. The summed E-state index contributed by atoms with van der Waals surface area (Å²) < 4.78 is 33.0. The second kappa shape index (κ2) is 6.29. The lowest BCUT2D eigenvalue weighted by Crippen LogP contribution is -2.62. The first-order valence-corrected chi connectivity index (χ1v) is 12.0. The highest BCUT2D eigenvalue weighted by atomic mass is 32.2. The molecule has 8 heteroatoms. The van der Waals surface area contributed by atoms with Crippen molar-refractivity contribution in [1.82, 2.24) is 14.8 Å². The van der Waals surface area contributed by atoms with Crippen LogP contribution in [0, 0.1) is 31.6 Å². The number of aromatic nitrogens is 1. The van der Waals surface area contributed by atoms with E-state index in [1.807, 2.05) is 0 Å². The fourth-order valence-electron chi connectivity index (χ4n) is 6.86. The molecule has 1 aromatic heterocycles. The highest BCUT2D eigenvalue weighted by Crippen LogP contribution is 2.55. The highest BCUT2D eigenvalue weighted by molar-refractivity contribution is 7.89. The molecule has 1 N–H and O–H groups in total. The molecular formula is C20H29N3O4S. The quantitative estimate of drug-likeness (QED) is 0.828. The second-order valence-corrected chi connectivity index (χ2v) is 11.4. The first kappa shape index (κ1) is 18.6. The van der Waals surface area contributed by atoms with Crippen LogP contribution in [0.15, 0.2) is 9.42 Å². The molecule has 6 rings (SSSR count). The lowest BCUT2D eigenvalue weighted by atomic mass is 9.53. The number of sulfonamides is 1. The second-order valence-electron chi connectivity index (χ2n) is 9.61. The summed E-state index contributed by atoms with van der Waals surface area (Å²) in [5, 5.41) is 7.15. The Hall–Kier alpha value is -1.41. The standard InChI is InChI=1S/C20H29N3O4S/c1-12-18(13(2)27-22-12)28(25,26)23-5-3-4-17(23)19(24)21-20-9-14-6-15(10-20)8-16(7-14)11-20/h14-17H,3-11H2,1-2H3,(H,21,24)/t14?,15?,16?,17-,20?/m1/s1. The summed E-state index contributed by atoms with van der Waals surface area (Å²) in [7, 11) is -3.80. The highest BCUT2D eigenvalue weighted by Gasteiger charge is 2.53. The van der Waals surface area contributed by atoms with E-state index in [1.165, 1.54) is 23.6 Å². The van der Waals surface area contributed by atoms with Gasteiger partial charge in [-0.1, -0.05) is 5.16 Å². The number of hydrogen-bond donors (Lipinski definition) is 1. The van der Waals surface area contributed by atoms with E-state index in [1.54, 1.807) is 13.8 Å². The van der Waals surface area contributed by atoms with Crippen molar-refractivity contribution in [2.45, 2.75) is 81.7 Å².